The summed E-state index contributed by atoms with van der Waals surface area (Å²) >= 11 is 0. The summed E-state index contributed by atoms with van der Waals surface area (Å²) in [4.78, 5) is 8.17. The number of benzene rings is 2. The van der Waals surface area contributed by atoms with Crippen molar-refractivity contribution in [3.05, 3.63) is 76.9 Å². The third-order valence-corrected chi connectivity index (χ3v) is 4.34. The van der Waals surface area contributed by atoms with Gasteiger partial charge in [0.15, 0.2) is 6.34 Å². The van der Waals surface area contributed by atoms with Gasteiger partial charge >= 0.3 is 5.96 Å². The van der Waals surface area contributed by atoms with Crippen molar-refractivity contribution < 1.29 is 30.6 Å². The lowest BCUT2D eigenvalue weighted by molar-refractivity contribution is -0.771. The predicted octanol–water partition coefficient (Wildman–Crippen LogP) is -0.590. The summed E-state index contributed by atoms with van der Waals surface area (Å²) in [5, 5.41) is 7.81. The molecular formula is C19H15ClF3N5. The molecule has 2 N–H and O–H groups in total. The van der Waals surface area contributed by atoms with Crippen LogP contribution in [0.25, 0.3) is 5.57 Å². The fraction of sp³-hybridized carbons (Fsp3) is 0.105. The molecule has 0 saturated heterocycles. The highest BCUT2D eigenvalue weighted by Gasteiger charge is 2.35. The highest BCUT2D eigenvalue weighted by atomic mass is 35.5. The van der Waals surface area contributed by atoms with E-state index in [1.165, 1.54) is 12.6 Å². The van der Waals surface area contributed by atoms with Gasteiger partial charge in [0.25, 0.3) is 0 Å². The van der Waals surface area contributed by atoms with Crippen molar-refractivity contribution in [2.45, 2.75) is 13.0 Å². The van der Waals surface area contributed by atoms with E-state index in [1.54, 1.807) is 0 Å². The van der Waals surface area contributed by atoms with Crippen LogP contribution in [0.15, 0.2) is 63.4 Å². The van der Waals surface area contributed by atoms with Gasteiger partial charge in [0.05, 0.1) is 23.4 Å². The molecule has 2 atom stereocenters. The molecule has 0 aromatic heterocycles. The second-order valence-corrected chi connectivity index (χ2v) is 6.11. The van der Waals surface area contributed by atoms with E-state index in [2.05, 4.69) is 20.4 Å². The summed E-state index contributed by atoms with van der Waals surface area (Å²) in [6, 6.07) is 10.7. The summed E-state index contributed by atoms with van der Waals surface area (Å²) in [7, 11) is 0. The molecule has 0 spiro atoms. The number of guanidine groups is 1. The number of quaternary nitrogens is 1. The Hall–Kier alpha value is -2.97. The van der Waals surface area contributed by atoms with Crippen LogP contribution >= 0.6 is 0 Å². The molecule has 2 aromatic carbocycles. The maximum atomic E-state index is 14.4. The number of hydrogen-bond donors (Lipinski definition) is 2. The molecule has 0 amide bonds. The van der Waals surface area contributed by atoms with E-state index in [1.807, 2.05) is 37.3 Å². The summed E-state index contributed by atoms with van der Waals surface area (Å²) in [6.07, 6.45) is 2.65. The van der Waals surface area contributed by atoms with Crippen molar-refractivity contribution >= 4 is 24.1 Å². The van der Waals surface area contributed by atoms with E-state index in [4.69, 9.17) is 0 Å². The summed E-state index contributed by atoms with van der Waals surface area (Å²) in [5.74, 6) is -2.27. The van der Waals surface area contributed by atoms with Gasteiger partial charge in [0.1, 0.15) is 17.5 Å². The Labute approximate surface area is 165 Å². The van der Waals surface area contributed by atoms with Gasteiger partial charge in [-0.05, 0) is 12.5 Å². The van der Waals surface area contributed by atoms with Crippen LogP contribution in [-0.2, 0) is 0 Å². The highest BCUT2D eigenvalue weighted by Crippen LogP contribution is 2.25. The molecule has 2 aromatic rings. The van der Waals surface area contributed by atoms with Crippen LogP contribution < -0.4 is 22.7 Å². The van der Waals surface area contributed by atoms with E-state index in [-0.39, 0.29) is 29.6 Å². The van der Waals surface area contributed by atoms with Gasteiger partial charge in [-0.15, -0.1) is 0 Å². The third kappa shape index (κ3) is 3.56. The van der Waals surface area contributed by atoms with Crippen molar-refractivity contribution in [1.29, 1.82) is 0 Å². The van der Waals surface area contributed by atoms with Crippen LogP contribution in [0.4, 0.5) is 13.2 Å². The Morgan fingerprint density at radius 1 is 1.04 bits per heavy atom. The van der Waals surface area contributed by atoms with Crippen molar-refractivity contribution in [2.75, 3.05) is 0 Å². The molecule has 2 aliphatic heterocycles. The van der Waals surface area contributed by atoms with Gasteiger partial charge in [0.2, 0.25) is 5.82 Å². The van der Waals surface area contributed by atoms with Gasteiger partial charge in [-0.25, -0.2) is 13.2 Å². The number of rotatable bonds is 4. The van der Waals surface area contributed by atoms with Crippen LogP contribution in [0.3, 0.4) is 0 Å². The largest absolute Gasteiger partial charge is 1.00 e. The van der Waals surface area contributed by atoms with Crippen LogP contribution in [-0.4, -0.2) is 18.5 Å². The zero-order chi connectivity index (χ0) is 19.0. The Bertz CT molecular complexity index is 994. The molecule has 2 aliphatic rings. The first-order chi connectivity index (χ1) is 13.0. The topological polar surface area (TPSA) is 53.5 Å². The molecule has 28 heavy (non-hydrogen) atoms. The van der Waals surface area contributed by atoms with E-state index in [9.17, 15) is 13.2 Å². The number of halogens is 4. The van der Waals surface area contributed by atoms with E-state index < -0.39 is 17.5 Å². The Balaban J connectivity index is 0.00000225. The first kappa shape index (κ1) is 19.8. The maximum Gasteiger partial charge on any atom is 0.362 e. The van der Waals surface area contributed by atoms with Gasteiger partial charge in [-0.1, -0.05) is 40.4 Å². The molecule has 144 valence electrons. The fourth-order valence-electron chi connectivity index (χ4n) is 3.03. The average molecular weight is 406 g/mol. The second kappa shape index (κ2) is 7.95. The Kier molecular flexibility index (Phi) is 5.62. The minimum atomic E-state index is -1.01. The zero-order valence-corrected chi connectivity index (χ0v) is 15.4. The van der Waals surface area contributed by atoms with E-state index in [0.29, 0.717) is 28.9 Å². The molecule has 4 rings (SSSR count). The van der Waals surface area contributed by atoms with Gasteiger partial charge in [-0.2, -0.15) is 9.98 Å². The third-order valence-electron chi connectivity index (χ3n) is 4.34. The molecule has 2 unspecified atom stereocenters. The molecule has 0 fully saturated rings. The molecular weight excluding hydrogens is 391 g/mol. The van der Waals surface area contributed by atoms with Crippen molar-refractivity contribution in [1.82, 2.24) is 5.32 Å². The van der Waals surface area contributed by atoms with Crippen molar-refractivity contribution in [2.24, 2.45) is 15.1 Å². The number of fused-ring (bicyclic) bond motifs is 1. The van der Waals surface area contributed by atoms with Crippen LogP contribution in [0.1, 0.15) is 24.1 Å². The second-order valence-electron chi connectivity index (χ2n) is 6.11. The van der Waals surface area contributed by atoms with Crippen molar-refractivity contribution in [3.8, 4) is 0 Å². The van der Waals surface area contributed by atoms with Crippen LogP contribution in [0, 0.1) is 17.5 Å². The number of allylic oxidation sites excluding steroid dienone is 1. The predicted molar refractivity (Wildman–Crippen MR) is 96.6 cm³/mol. The first-order valence-electron chi connectivity index (χ1n) is 8.27. The Morgan fingerprint density at radius 3 is 2.39 bits per heavy atom. The average Bonchev–Trinajstić information content (AvgIpc) is 3.12. The Morgan fingerprint density at radius 2 is 1.71 bits per heavy atom. The highest BCUT2D eigenvalue weighted by molar-refractivity contribution is 6.15. The molecule has 0 radical (unpaired) electrons. The number of nitrogens with zero attached hydrogens (tertiary/aromatic N) is 3. The lowest BCUT2D eigenvalue weighted by Crippen LogP contribution is -3.09. The molecule has 2 heterocycles. The van der Waals surface area contributed by atoms with Crippen molar-refractivity contribution in [3.63, 3.8) is 0 Å². The zero-order valence-electron chi connectivity index (χ0n) is 14.6. The smallest absolute Gasteiger partial charge is 0.362 e. The standard InChI is InChI=1S/C19H14F3N5.ClH/c1-11(12-5-3-2-4-6-12)26-18-14(9-23-19-24-10-25-27(18)19)17-15(21)7-13(20)8-16(17)22;/h2-11,26H,1H3;1H. The maximum absolute atomic E-state index is 14.4. The van der Waals surface area contributed by atoms with E-state index in [0.717, 1.165) is 5.56 Å². The number of aliphatic imine (C=N–C) groups is 2. The lowest BCUT2D eigenvalue weighted by atomic mass is 10.0. The van der Waals surface area contributed by atoms with Gasteiger partial charge < -0.3 is 17.7 Å². The quantitative estimate of drug-likeness (QED) is 0.702. The monoisotopic (exact) mass is 405 g/mol. The summed E-state index contributed by atoms with van der Waals surface area (Å²) in [6.45, 7) is 1.92. The molecule has 9 heteroatoms. The van der Waals surface area contributed by atoms with Gasteiger partial charge in [0, 0.05) is 12.1 Å². The fourth-order valence-corrected chi connectivity index (χ4v) is 3.03. The molecule has 0 bridgehead atoms. The molecule has 0 aliphatic carbocycles. The minimum Gasteiger partial charge on any atom is -1.00 e. The number of nitrogens with one attached hydrogen (secondary N) is 2. The SMILES string of the molecule is CC(NC1=C(c2c(F)cc(F)cc2F)C=NC2=NC=N[NH+]21)c1ccccc1.[Cl-]. The van der Waals surface area contributed by atoms with Crippen LogP contribution in [0.5, 0.6) is 0 Å². The van der Waals surface area contributed by atoms with E-state index >= 15 is 0 Å². The summed E-state index contributed by atoms with van der Waals surface area (Å²) < 4.78 is 42.1. The normalized spacial score (nSPS) is 18.4. The minimum absolute atomic E-state index is 0. The molecule has 0 saturated carbocycles. The lowest BCUT2D eigenvalue weighted by Gasteiger charge is -2.23. The summed E-state index contributed by atoms with van der Waals surface area (Å²) in [5.41, 5.74) is 0.769. The van der Waals surface area contributed by atoms with Crippen LogP contribution in [0.2, 0.25) is 0 Å². The first-order valence-corrected chi connectivity index (χ1v) is 8.27. The molecule has 5 nitrogen and oxygen atoms in total. The van der Waals surface area contributed by atoms with Gasteiger partial charge in [-0.3, -0.25) is 0 Å². The number of hydrogen-bond acceptors (Lipinski definition) is 4.